The average Bonchev–Trinajstić information content (AvgIpc) is 1.59. The molecule has 12 aromatic carbocycles. The van der Waals surface area contributed by atoms with Crippen molar-refractivity contribution in [2.45, 2.75) is 168 Å². The Kier molecular flexibility index (Phi) is 26.2. The van der Waals surface area contributed by atoms with Gasteiger partial charge in [-0.1, -0.05) is 317 Å². The molecule has 0 radical (unpaired) electrons. The molecule has 0 amide bonds. The zero-order valence-corrected chi connectivity index (χ0v) is 91.0. The van der Waals surface area contributed by atoms with Gasteiger partial charge in [0, 0.05) is 139 Å². The number of rotatable bonds is 13. The van der Waals surface area contributed by atoms with E-state index < -0.39 is 32.3 Å². The van der Waals surface area contributed by atoms with Gasteiger partial charge in [0.05, 0.1) is 80.8 Å². The number of pyridine rings is 4. The van der Waals surface area contributed by atoms with Crippen molar-refractivity contribution < 1.29 is 35.9 Å². The van der Waals surface area contributed by atoms with Gasteiger partial charge in [-0.3, -0.25) is 0 Å². The Balaban J connectivity index is 0.000000130. The molecule has 0 saturated carbocycles. The van der Waals surface area contributed by atoms with Gasteiger partial charge >= 0.3 is 0 Å². The van der Waals surface area contributed by atoms with Crippen LogP contribution in [0.25, 0.3) is 197 Å². The summed E-state index contributed by atoms with van der Waals surface area (Å²) < 4.78 is 36.3. The van der Waals surface area contributed by atoms with Crippen molar-refractivity contribution >= 4 is 164 Å². The predicted octanol–water partition coefficient (Wildman–Crippen LogP) is 31.6. The summed E-state index contributed by atoms with van der Waals surface area (Å²) >= 11 is 0. The molecule has 0 atom stereocenters. The molecule has 0 aliphatic carbocycles. The van der Waals surface area contributed by atoms with Crippen LogP contribution in [-0.4, -0.2) is 32.3 Å². The Morgan fingerprint density at radius 3 is 0.780 bits per heavy atom. The third kappa shape index (κ3) is 17.5. The fraction of sp³-hybridized carbons (Fsp3) is 0.232. The maximum absolute atomic E-state index is 7.83. The molecule has 141 heavy (non-hydrogen) atoms. The number of fused-ring (bicyclic) bond motifs is 12. The van der Waals surface area contributed by atoms with E-state index in [1.165, 1.54) is 93.9 Å². The number of aromatic nitrogens is 4. The first-order chi connectivity index (χ1) is 67.0. The van der Waals surface area contributed by atoms with Gasteiger partial charge in [-0.2, -0.15) is 18.3 Å². The highest BCUT2D eigenvalue weighted by molar-refractivity contribution is 6.90. The van der Waals surface area contributed by atoms with Crippen LogP contribution in [0.2, 0.25) is 78.6 Å². The SMILES string of the molecule is [C-]#[N+]c1ccc2c(oc3c(-c4cc(C)c([Si](C)(C)C)c(C)[n+]4C)c(C)ccc32)c1-c1ccccc1.[C-]#[N+]c1ccc2c(oc3c(-c4cc([Si](C)(C)C)c(C(C)C)c(C)[n+]4C)c(C)ccc32)c1-c1ccccc1.[C-]#[N+]c1ccc2c(oc3c(-c4cc([Si](C)(C)C)c(C)c(C)[n+]4C)c(C)ccc32)c1-c1ccccc1.[C-]#[N+]c1ccc2c(oc3c(-c4ccc([Si](C)(C)C)c(C)[n+]4C)c(C)ccc32)c1-c1ccccc1. The number of aryl methyl sites for hydroxylation is 5. The summed E-state index contributed by atoms with van der Waals surface area (Å²) in [6.07, 6.45) is 0. The molecule has 0 bridgehead atoms. The summed E-state index contributed by atoms with van der Waals surface area (Å²) in [4.78, 5) is 15.3. The van der Waals surface area contributed by atoms with Crippen LogP contribution in [0.4, 0.5) is 22.7 Å². The lowest BCUT2D eigenvalue weighted by atomic mass is 9.96. The van der Waals surface area contributed by atoms with E-state index in [0.29, 0.717) is 28.7 Å². The molecule has 20 rings (SSSR count). The van der Waals surface area contributed by atoms with Gasteiger partial charge < -0.3 is 17.7 Å². The third-order valence-electron chi connectivity index (χ3n) is 29.0. The smallest absolute Gasteiger partial charge is 0.216 e. The predicted molar refractivity (Wildman–Crippen MR) is 601 cm³/mol. The minimum absolute atomic E-state index is 0.463. The zero-order chi connectivity index (χ0) is 101. The van der Waals surface area contributed by atoms with Crippen LogP contribution in [0.5, 0.6) is 0 Å². The summed E-state index contributed by atoms with van der Waals surface area (Å²) in [7, 11) is 2.52. The summed E-state index contributed by atoms with van der Waals surface area (Å²) in [5, 5.41) is 14.5. The van der Waals surface area contributed by atoms with E-state index in [9.17, 15) is 0 Å². The second-order valence-electron chi connectivity index (χ2n) is 42.6. The van der Waals surface area contributed by atoms with Gasteiger partial charge in [-0.15, -0.1) is 0 Å². The fourth-order valence-electron chi connectivity index (χ4n) is 21.8. The Morgan fingerprint density at radius 2 is 0.496 bits per heavy atom. The van der Waals surface area contributed by atoms with E-state index in [1.807, 2.05) is 158 Å². The molecular formula is C125H126N8O4Si4+4. The van der Waals surface area contributed by atoms with E-state index in [0.717, 1.165) is 166 Å². The summed E-state index contributed by atoms with van der Waals surface area (Å²) in [6.45, 7) is 86.8. The van der Waals surface area contributed by atoms with Crippen LogP contribution >= 0.6 is 0 Å². The van der Waals surface area contributed by atoms with Gasteiger partial charge in [0.1, 0.15) is 72.9 Å². The van der Waals surface area contributed by atoms with Gasteiger partial charge in [0.25, 0.3) is 0 Å². The summed E-state index contributed by atoms with van der Waals surface area (Å²) in [5.41, 5.74) is 39.9. The first kappa shape index (κ1) is 97.9. The highest BCUT2D eigenvalue weighted by atomic mass is 28.3. The Labute approximate surface area is 834 Å². The molecule has 20 aromatic rings. The number of nitrogens with zero attached hydrogens (tertiary/aromatic N) is 8. The van der Waals surface area contributed by atoms with Crippen LogP contribution in [0.15, 0.2) is 266 Å². The van der Waals surface area contributed by atoms with Crippen LogP contribution < -0.4 is 39.0 Å². The largest absolute Gasteiger partial charge is 0.456 e. The lowest BCUT2D eigenvalue weighted by molar-refractivity contribution is -0.667. The van der Waals surface area contributed by atoms with Gasteiger partial charge in [0.2, 0.25) is 22.8 Å². The van der Waals surface area contributed by atoms with Crippen molar-refractivity contribution in [1.82, 2.24) is 0 Å². The number of benzene rings is 12. The highest BCUT2D eigenvalue weighted by Crippen LogP contribution is 2.51. The molecule has 0 aliphatic rings. The molecule has 8 aromatic heterocycles. The first-order valence-electron chi connectivity index (χ1n) is 48.8. The molecule has 16 heteroatoms. The fourth-order valence-corrected chi connectivity index (χ4v) is 29.8. The Hall–Kier alpha value is -14.7. The van der Waals surface area contributed by atoms with Crippen molar-refractivity contribution in [3.63, 3.8) is 0 Å². The molecule has 0 fully saturated rings. The molecule has 702 valence electrons. The molecule has 0 spiro atoms. The molecule has 0 aliphatic heterocycles. The van der Waals surface area contributed by atoms with Crippen LogP contribution in [-0.2, 0) is 28.2 Å². The lowest BCUT2D eigenvalue weighted by Gasteiger charge is -2.24. The highest BCUT2D eigenvalue weighted by Gasteiger charge is 2.37. The molecule has 8 heterocycles. The van der Waals surface area contributed by atoms with Crippen molar-refractivity contribution in [3.8, 4) is 89.5 Å². The van der Waals surface area contributed by atoms with Gasteiger partial charge in [-0.05, 0) is 108 Å². The summed E-state index contributed by atoms with van der Waals surface area (Å²) in [6, 6.07) is 85.4. The monoisotopic (exact) mass is 1910 g/mol. The first-order valence-corrected chi connectivity index (χ1v) is 62.8. The van der Waals surface area contributed by atoms with Crippen LogP contribution in [0, 0.1) is 95.5 Å². The van der Waals surface area contributed by atoms with E-state index >= 15 is 0 Å². The quantitative estimate of drug-likeness (QED) is 0.0654. The molecule has 0 saturated heterocycles. The van der Waals surface area contributed by atoms with Crippen molar-refractivity contribution in [2.75, 3.05) is 0 Å². The van der Waals surface area contributed by atoms with Crippen molar-refractivity contribution in [3.05, 3.63) is 356 Å². The van der Waals surface area contributed by atoms with Crippen LogP contribution in [0.1, 0.15) is 81.5 Å². The maximum atomic E-state index is 7.83. The second-order valence-corrected chi connectivity index (χ2v) is 62.7. The maximum Gasteiger partial charge on any atom is 0.216 e. The van der Waals surface area contributed by atoms with E-state index in [2.05, 4.69) is 318 Å². The lowest BCUT2D eigenvalue weighted by Crippen LogP contribution is -2.50. The minimum atomic E-state index is -1.62. The summed E-state index contributed by atoms with van der Waals surface area (Å²) in [5.74, 6) is 0.463. The van der Waals surface area contributed by atoms with E-state index in [4.69, 9.17) is 44.0 Å². The third-order valence-corrected chi connectivity index (χ3v) is 37.6. The standard InChI is InChI=1S/C33H35N2OSi.2C31H31N2OSi.C30H29N2OSi/c1-20(2)29-22(4)35(6)27(19-28(29)37(7,8)9)30-21(3)15-16-24-25-17-18-26(34-5)31(33(25)36-32(24)30)23-13-11-10-12-14-23;1-19-14-15-23-24-16-17-25(32-4)29(22-12-10-9-11-13-22)31(24)34-30(23)28(19)26-18-27(35(6,7)8)20(2)21(3)33(26)5;1-19-14-15-23-24-16-17-25(32-4)28(22-12-10-9-11-13-22)30(24)34-29(23)27(19)26-18-20(2)31(35(6,7)8)21(3)33(26)5;1-19-13-14-22-23-15-16-24(31-3)28(21-11-9-8-10-12-21)30(23)33-29(22)27(19)25-17-18-26(34(5,6)7)20(2)32(25)4/h10-20H,1-4,6-9H3;2*9-18H,1-3,5-8H3;8-18H,1-2,4-7H3/q4*+1. The number of furan rings is 4. The molecule has 0 N–H and O–H groups in total. The molecule has 0 unspecified atom stereocenters. The second kappa shape index (κ2) is 37.8. The average molecular weight is 1920 g/mol. The van der Waals surface area contributed by atoms with E-state index in [1.54, 1.807) is 0 Å². The number of hydrogen-bond donors (Lipinski definition) is 0. The molecular weight excluding hydrogens is 1790 g/mol. The number of hydrogen-bond acceptors (Lipinski definition) is 4. The van der Waals surface area contributed by atoms with Crippen molar-refractivity contribution in [2.24, 2.45) is 28.2 Å². The van der Waals surface area contributed by atoms with Crippen LogP contribution in [0.3, 0.4) is 0 Å². The Morgan fingerprint density at radius 1 is 0.241 bits per heavy atom. The normalized spacial score (nSPS) is 11.9. The zero-order valence-electron chi connectivity index (χ0n) is 87.0. The van der Waals surface area contributed by atoms with Gasteiger partial charge in [0.15, 0.2) is 45.5 Å². The Bertz CT molecular complexity index is 8680. The van der Waals surface area contributed by atoms with E-state index in [-0.39, 0.29) is 0 Å². The topological polar surface area (TPSA) is 85.5 Å². The van der Waals surface area contributed by atoms with Crippen molar-refractivity contribution in [1.29, 1.82) is 0 Å². The molecule has 12 nitrogen and oxygen atoms in total. The van der Waals surface area contributed by atoms with Gasteiger partial charge in [-0.25, -0.2) is 19.4 Å². The minimum Gasteiger partial charge on any atom is -0.456 e.